The van der Waals surface area contributed by atoms with Crippen LogP contribution in [0.5, 0.6) is 0 Å². The quantitative estimate of drug-likeness (QED) is 0.487. The van der Waals surface area contributed by atoms with Gasteiger partial charge in [0.05, 0.1) is 5.41 Å². The van der Waals surface area contributed by atoms with Crippen LogP contribution in [0.25, 0.3) is 11.1 Å². The number of carbonyl (C=O) groups excluding carboxylic acids is 3. The van der Waals surface area contributed by atoms with Crippen LogP contribution in [0.1, 0.15) is 55.8 Å². The Kier molecular flexibility index (Phi) is 5.89. The van der Waals surface area contributed by atoms with Crippen molar-refractivity contribution in [2.24, 2.45) is 7.05 Å². The highest BCUT2D eigenvalue weighted by Crippen LogP contribution is 2.45. The lowest BCUT2D eigenvalue weighted by atomic mass is 9.75. The monoisotopic (exact) mass is 497 g/mol. The van der Waals surface area contributed by atoms with Crippen molar-refractivity contribution in [3.63, 3.8) is 0 Å². The SMILES string of the molecule is Cn1cnnc1[C@@H]1CCCN(C(=O)C[C@]2(c3ccc(-c4ccccc4)cc3)CC(=O)N(C3CC3)C2=O)C1. The molecule has 3 aliphatic rings. The van der Waals surface area contributed by atoms with E-state index in [0.717, 1.165) is 48.2 Å². The number of aromatic nitrogens is 3. The number of likely N-dealkylation sites (tertiary alicyclic amines) is 2. The fraction of sp³-hybridized carbons (Fsp3) is 0.414. The Bertz CT molecular complexity index is 1330. The minimum Gasteiger partial charge on any atom is -0.342 e. The summed E-state index contributed by atoms with van der Waals surface area (Å²) in [7, 11) is 1.92. The third kappa shape index (κ3) is 4.24. The second-order valence-electron chi connectivity index (χ2n) is 10.7. The molecule has 2 aromatic carbocycles. The summed E-state index contributed by atoms with van der Waals surface area (Å²) in [6.45, 7) is 1.19. The molecule has 2 aliphatic heterocycles. The Hall–Kier alpha value is -3.81. The number of rotatable bonds is 6. The van der Waals surface area contributed by atoms with E-state index in [2.05, 4.69) is 10.2 Å². The van der Waals surface area contributed by atoms with Crippen LogP contribution in [0.15, 0.2) is 60.9 Å². The zero-order valence-corrected chi connectivity index (χ0v) is 21.0. The third-order valence-corrected chi connectivity index (χ3v) is 8.15. The Labute approximate surface area is 216 Å². The van der Waals surface area contributed by atoms with Crippen molar-refractivity contribution < 1.29 is 14.4 Å². The van der Waals surface area contributed by atoms with E-state index < -0.39 is 5.41 Å². The predicted molar refractivity (Wildman–Crippen MR) is 137 cm³/mol. The van der Waals surface area contributed by atoms with Crippen LogP contribution in [-0.2, 0) is 26.8 Å². The molecule has 0 bridgehead atoms. The summed E-state index contributed by atoms with van der Waals surface area (Å²) in [6, 6.07) is 17.8. The van der Waals surface area contributed by atoms with Gasteiger partial charge in [-0.1, -0.05) is 54.6 Å². The van der Waals surface area contributed by atoms with Crippen LogP contribution >= 0.6 is 0 Å². The van der Waals surface area contributed by atoms with Crippen molar-refractivity contribution >= 4 is 17.7 Å². The van der Waals surface area contributed by atoms with Gasteiger partial charge in [0.2, 0.25) is 17.7 Å². The van der Waals surface area contributed by atoms with E-state index in [0.29, 0.717) is 13.1 Å². The molecule has 8 nitrogen and oxygen atoms in total. The molecule has 3 fully saturated rings. The average Bonchev–Trinajstić information content (AvgIpc) is 3.61. The highest BCUT2D eigenvalue weighted by Gasteiger charge is 2.57. The zero-order valence-electron chi connectivity index (χ0n) is 21.0. The first-order valence-electron chi connectivity index (χ1n) is 13.1. The van der Waals surface area contributed by atoms with Crippen LogP contribution in [0.4, 0.5) is 0 Å². The largest absolute Gasteiger partial charge is 0.342 e. The van der Waals surface area contributed by atoms with Gasteiger partial charge in [-0.2, -0.15) is 0 Å². The van der Waals surface area contributed by atoms with E-state index in [1.54, 1.807) is 6.33 Å². The Morgan fingerprint density at radius 3 is 2.41 bits per heavy atom. The van der Waals surface area contributed by atoms with E-state index in [4.69, 9.17) is 0 Å². The van der Waals surface area contributed by atoms with Gasteiger partial charge in [-0.05, 0) is 42.4 Å². The Balaban J connectivity index is 1.30. The molecule has 1 saturated carbocycles. The van der Waals surface area contributed by atoms with Gasteiger partial charge < -0.3 is 9.47 Å². The normalized spacial score (nSPS) is 24.1. The maximum atomic E-state index is 13.9. The first-order valence-corrected chi connectivity index (χ1v) is 13.1. The number of piperidine rings is 1. The number of hydrogen-bond acceptors (Lipinski definition) is 5. The number of carbonyl (C=O) groups is 3. The van der Waals surface area contributed by atoms with Crippen molar-refractivity contribution in [1.29, 1.82) is 0 Å². The van der Waals surface area contributed by atoms with Crippen LogP contribution in [0, 0.1) is 0 Å². The molecule has 3 heterocycles. The maximum Gasteiger partial charge on any atom is 0.241 e. The molecule has 2 saturated heterocycles. The van der Waals surface area contributed by atoms with E-state index in [1.807, 2.05) is 71.1 Å². The molecule has 1 aromatic heterocycles. The lowest BCUT2D eigenvalue weighted by molar-refractivity contribution is -0.143. The average molecular weight is 498 g/mol. The smallest absolute Gasteiger partial charge is 0.241 e. The van der Waals surface area contributed by atoms with Crippen molar-refractivity contribution in [3.05, 3.63) is 72.3 Å². The second-order valence-corrected chi connectivity index (χ2v) is 10.7. The number of aryl methyl sites for hydroxylation is 1. The van der Waals surface area contributed by atoms with Crippen LogP contribution in [0.3, 0.4) is 0 Å². The van der Waals surface area contributed by atoms with Crippen molar-refractivity contribution in [2.45, 2.75) is 55.9 Å². The molecule has 8 heteroatoms. The van der Waals surface area contributed by atoms with Gasteiger partial charge in [-0.25, -0.2) is 0 Å². The van der Waals surface area contributed by atoms with E-state index in [1.165, 1.54) is 4.90 Å². The van der Waals surface area contributed by atoms with Gasteiger partial charge >= 0.3 is 0 Å². The summed E-state index contributed by atoms with van der Waals surface area (Å²) in [5, 5.41) is 8.26. The van der Waals surface area contributed by atoms with Gasteiger partial charge in [-0.15, -0.1) is 10.2 Å². The van der Waals surface area contributed by atoms with Crippen LogP contribution in [0.2, 0.25) is 0 Å². The molecular formula is C29H31N5O3. The second kappa shape index (κ2) is 9.25. The zero-order chi connectivity index (χ0) is 25.6. The van der Waals surface area contributed by atoms with Crippen molar-refractivity contribution in [3.8, 4) is 11.1 Å². The van der Waals surface area contributed by atoms with E-state index in [9.17, 15) is 14.4 Å². The highest BCUT2D eigenvalue weighted by atomic mass is 16.2. The molecule has 190 valence electrons. The minimum absolute atomic E-state index is 0.00296. The molecule has 37 heavy (non-hydrogen) atoms. The predicted octanol–water partition coefficient (Wildman–Crippen LogP) is 3.44. The summed E-state index contributed by atoms with van der Waals surface area (Å²) < 4.78 is 1.90. The molecule has 3 amide bonds. The third-order valence-electron chi connectivity index (χ3n) is 8.15. The summed E-state index contributed by atoms with van der Waals surface area (Å²) >= 11 is 0. The van der Waals surface area contributed by atoms with Gasteiger partial charge in [0.15, 0.2) is 0 Å². The first kappa shape index (κ1) is 23.6. The van der Waals surface area contributed by atoms with Crippen molar-refractivity contribution in [1.82, 2.24) is 24.6 Å². The Morgan fingerprint density at radius 2 is 1.73 bits per heavy atom. The maximum absolute atomic E-state index is 13.9. The molecule has 1 aliphatic carbocycles. The van der Waals surface area contributed by atoms with Gasteiger partial charge in [0, 0.05) is 44.9 Å². The van der Waals surface area contributed by atoms with Gasteiger partial charge in [0.25, 0.3) is 0 Å². The molecule has 6 rings (SSSR count). The van der Waals surface area contributed by atoms with E-state index >= 15 is 0 Å². The van der Waals surface area contributed by atoms with Crippen LogP contribution < -0.4 is 0 Å². The van der Waals surface area contributed by atoms with Crippen molar-refractivity contribution in [2.75, 3.05) is 13.1 Å². The lowest BCUT2D eigenvalue weighted by Crippen LogP contribution is -2.46. The summed E-state index contributed by atoms with van der Waals surface area (Å²) in [5.74, 6) is 0.509. The van der Waals surface area contributed by atoms with Crippen LogP contribution in [-0.4, -0.2) is 61.4 Å². The summed E-state index contributed by atoms with van der Waals surface area (Å²) in [6.07, 6.45) is 5.22. The molecule has 0 unspecified atom stereocenters. The summed E-state index contributed by atoms with van der Waals surface area (Å²) in [4.78, 5) is 44.1. The number of nitrogens with zero attached hydrogens (tertiary/aromatic N) is 5. The molecule has 3 aromatic rings. The van der Waals surface area contributed by atoms with Gasteiger partial charge in [-0.3, -0.25) is 19.3 Å². The molecule has 0 N–H and O–H groups in total. The molecule has 0 radical (unpaired) electrons. The lowest BCUT2D eigenvalue weighted by Gasteiger charge is -2.35. The molecular weight excluding hydrogens is 466 g/mol. The topological polar surface area (TPSA) is 88.4 Å². The molecule has 0 spiro atoms. The van der Waals surface area contributed by atoms with E-state index in [-0.39, 0.29) is 42.5 Å². The highest BCUT2D eigenvalue weighted by molar-refractivity contribution is 6.11. The Morgan fingerprint density at radius 1 is 1.00 bits per heavy atom. The van der Waals surface area contributed by atoms with Gasteiger partial charge in [0.1, 0.15) is 12.2 Å². The fourth-order valence-electron chi connectivity index (χ4n) is 5.99. The minimum atomic E-state index is -1.16. The summed E-state index contributed by atoms with van der Waals surface area (Å²) in [5.41, 5.74) is 1.69. The first-order chi connectivity index (χ1) is 18.0. The number of hydrogen-bond donors (Lipinski definition) is 0. The number of amides is 3. The standard InChI is InChI=1S/C29H31N5O3/c1-32-19-30-31-27(32)22-8-5-15-33(18-22)25(35)16-29(17-26(36)34(28(29)37)24-13-14-24)23-11-9-21(10-12-23)20-6-3-2-4-7-20/h2-4,6-7,9-12,19,22,24H,5,8,13-18H2,1H3/t22-,29-/m1/s1. The molecule has 2 atom stereocenters. The number of imide groups is 1. The number of benzene rings is 2. The fourth-order valence-corrected chi connectivity index (χ4v) is 5.99.